The van der Waals surface area contributed by atoms with E-state index in [1.807, 2.05) is 25.2 Å². The predicted octanol–water partition coefficient (Wildman–Crippen LogP) is 10.6. The predicted molar refractivity (Wildman–Crippen MR) is 184 cm³/mol. The molecule has 2 aliphatic rings. The molecule has 0 bridgehead atoms. The Labute approximate surface area is 258 Å². The van der Waals surface area contributed by atoms with Crippen LogP contribution in [0.3, 0.4) is 0 Å². The third-order valence-electron chi connectivity index (χ3n) is 9.47. The zero-order valence-corrected chi connectivity index (χ0v) is 28.2. The Hall–Kier alpha value is -2.68. The topological polar surface area (TPSA) is 40.5 Å². The van der Waals surface area contributed by atoms with Gasteiger partial charge in [0.15, 0.2) is 0 Å². The largest absolute Gasteiger partial charge is 0.393 e. The molecule has 0 unspecified atom stereocenters. The van der Waals surface area contributed by atoms with E-state index in [1.165, 1.54) is 41.6 Å². The van der Waals surface area contributed by atoms with E-state index in [9.17, 15) is 10.2 Å². The summed E-state index contributed by atoms with van der Waals surface area (Å²) in [5.74, 6) is 0. The van der Waals surface area contributed by atoms with E-state index in [-0.39, 0.29) is 22.3 Å². The number of hydrogen-bond donors (Lipinski definition) is 2. The molecule has 0 aromatic carbocycles. The SMILES string of the molecule is CC1=C(/C=C/C(C)=C/C=C/C(C)=C/C=C/C=C(C)/C=C/C=C(C)/C=C/[C@@H](O)[C@]2(C)C[C@@H](O)CC2(C)C)C(C)(C)CCC1. The third kappa shape index (κ3) is 10.5. The van der Waals surface area contributed by atoms with Gasteiger partial charge in [-0.1, -0.05) is 148 Å². The second-order valence-corrected chi connectivity index (χ2v) is 14.2. The van der Waals surface area contributed by atoms with Crippen molar-refractivity contribution in [1.29, 1.82) is 0 Å². The van der Waals surface area contributed by atoms with Crippen LogP contribution in [-0.4, -0.2) is 22.4 Å². The molecule has 42 heavy (non-hydrogen) atoms. The Balaban J connectivity index is 1.87. The summed E-state index contributed by atoms with van der Waals surface area (Å²) in [6, 6.07) is 0. The maximum absolute atomic E-state index is 10.9. The van der Waals surface area contributed by atoms with Crippen LogP contribution in [0.4, 0.5) is 0 Å². The Bertz CT molecular complexity index is 1230. The molecule has 2 N–H and O–H groups in total. The first-order valence-corrected chi connectivity index (χ1v) is 15.7. The lowest BCUT2D eigenvalue weighted by atomic mass is 9.66. The maximum atomic E-state index is 10.9. The summed E-state index contributed by atoms with van der Waals surface area (Å²) in [6.07, 6.45) is 33.6. The van der Waals surface area contributed by atoms with Gasteiger partial charge in [-0.2, -0.15) is 0 Å². The van der Waals surface area contributed by atoms with Crippen LogP contribution >= 0.6 is 0 Å². The number of allylic oxidation sites excluding steroid dienone is 19. The highest BCUT2D eigenvalue weighted by molar-refractivity contribution is 5.37. The van der Waals surface area contributed by atoms with Gasteiger partial charge in [-0.3, -0.25) is 0 Å². The molecule has 2 nitrogen and oxygen atoms in total. The highest BCUT2D eigenvalue weighted by Crippen LogP contribution is 2.54. The Morgan fingerprint density at radius 1 is 0.738 bits per heavy atom. The summed E-state index contributed by atoms with van der Waals surface area (Å²) < 4.78 is 0. The minimum absolute atomic E-state index is 0.107. The fourth-order valence-electron chi connectivity index (χ4n) is 6.20. The van der Waals surface area contributed by atoms with Crippen LogP contribution in [0.1, 0.15) is 101 Å². The first-order valence-electron chi connectivity index (χ1n) is 15.7. The summed E-state index contributed by atoms with van der Waals surface area (Å²) in [5.41, 5.74) is 7.56. The summed E-state index contributed by atoms with van der Waals surface area (Å²) >= 11 is 0. The van der Waals surface area contributed by atoms with E-state index < -0.39 is 6.10 Å². The van der Waals surface area contributed by atoms with Crippen LogP contribution in [0.5, 0.6) is 0 Å². The van der Waals surface area contributed by atoms with Crippen LogP contribution in [0.2, 0.25) is 0 Å². The van der Waals surface area contributed by atoms with Gasteiger partial charge in [0.25, 0.3) is 0 Å². The van der Waals surface area contributed by atoms with Crippen LogP contribution < -0.4 is 0 Å². The molecule has 1 fully saturated rings. The lowest BCUT2D eigenvalue weighted by Gasteiger charge is -2.40. The lowest BCUT2D eigenvalue weighted by molar-refractivity contribution is -0.000365. The average Bonchev–Trinajstić information content (AvgIpc) is 3.10. The molecule has 0 radical (unpaired) electrons. The van der Waals surface area contributed by atoms with Gasteiger partial charge < -0.3 is 10.2 Å². The van der Waals surface area contributed by atoms with Gasteiger partial charge in [0.1, 0.15) is 0 Å². The van der Waals surface area contributed by atoms with Crippen molar-refractivity contribution >= 4 is 0 Å². The van der Waals surface area contributed by atoms with E-state index in [1.54, 1.807) is 0 Å². The molecule has 0 aromatic rings. The fraction of sp³-hybridized carbons (Fsp3) is 0.500. The smallest absolute Gasteiger partial charge is 0.0783 e. The Morgan fingerprint density at radius 3 is 1.74 bits per heavy atom. The zero-order chi connectivity index (χ0) is 31.6. The van der Waals surface area contributed by atoms with Gasteiger partial charge in [0, 0.05) is 5.41 Å². The first kappa shape index (κ1) is 35.5. The molecule has 3 atom stereocenters. The molecule has 0 amide bonds. The molecular formula is C40H58O2. The summed E-state index contributed by atoms with van der Waals surface area (Å²) in [5, 5.41) is 21.0. The molecule has 2 aliphatic carbocycles. The minimum atomic E-state index is -0.590. The van der Waals surface area contributed by atoms with Gasteiger partial charge >= 0.3 is 0 Å². The second-order valence-electron chi connectivity index (χ2n) is 14.2. The van der Waals surface area contributed by atoms with Crippen molar-refractivity contribution in [2.75, 3.05) is 0 Å². The maximum Gasteiger partial charge on any atom is 0.0783 e. The summed E-state index contributed by atoms with van der Waals surface area (Å²) in [6.45, 7) is 21.8. The standard InChI is InChI=1S/C40H58O2/c1-30(18-13-20-32(3)23-25-36-34(5)22-15-27-38(36,6)7)16-11-12-17-31(2)19-14-21-33(4)24-26-37(42)40(10)29-35(41)28-39(40,8)9/h11-14,16-21,23-26,35,37,41-42H,15,22,27-29H2,1-10H3/b12-11+,18-13+,19-14+,25-23+,26-24+,30-16+,31-17+,32-20+,33-21+/t35-,37+,40-/m0/s1. The van der Waals surface area contributed by atoms with Crippen LogP contribution in [-0.2, 0) is 0 Å². The van der Waals surface area contributed by atoms with Gasteiger partial charge in [-0.25, -0.2) is 0 Å². The van der Waals surface area contributed by atoms with E-state index in [4.69, 9.17) is 0 Å². The zero-order valence-electron chi connectivity index (χ0n) is 28.2. The van der Waals surface area contributed by atoms with Crippen molar-refractivity contribution in [1.82, 2.24) is 0 Å². The van der Waals surface area contributed by atoms with E-state index in [0.717, 1.165) is 17.6 Å². The lowest BCUT2D eigenvalue weighted by Crippen LogP contribution is -2.39. The van der Waals surface area contributed by atoms with E-state index in [0.29, 0.717) is 6.42 Å². The van der Waals surface area contributed by atoms with Crippen LogP contribution in [0.15, 0.2) is 119 Å². The van der Waals surface area contributed by atoms with Crippen molar-refractivity contribution in [3.05, 3.63) is 119 Å². The third-order valence-corrected chi connectivity index (χ3v) is 9.47. The van der Waals surface area contributed by atoms with Crippen molar-refractivity contribution in [2.45, 2.75) is 114 Å². The molecule has 0 aliphatic heterocycles. The monoisotopic (exact) mass is 570 g/mol. The van der Waals surface area contributed by atoms with Crippen molar-refractivity contribution < 1.29 is 10.2 Å². The molecule has 0 saturated heterocycles. The first-order chi connectivity index (χ1) is 19.6. The minimum Gasteiger partial charge on any atom is -0.393 e. The van der Waals surface area contributed by atoms with Crippen LogP contribution in [0, 0.1) is 16.2 Å². The van der Waals surface area contributed by atoms with Crippen LogP contribution in [0.25, 0.3) is 0 Å². The quantitative estimate of drug-likeness (QED) is 0.243. The molecule has 1 saturated carbocycles. The van der Waals surface area contributed by atoms with Gasteiger partial charge in [0.05, 0.1) is 12.2 Å². The van der Waals surface area contributed by atoms with E-state index >= 15 is 0 Å². The van der Waals surface area contributed by atoms with Gasteiger partial charge in [0.2, 0.25) is 0 Å². The van der Waals surface area contributed by atoms with Crippen molar-refractivity contribution in [3.63, 3.8) is 0 Å². The highest BCUT2D eigenvalue weighted by Gasteiger charge is 2.52. The second kappa shape index (κ2) is 15.7. The number of aliphatic hydroxyl groups excluding tert-OH is 2. The molecular weight excluding hydrogens is 512 g/mol. The van der Waals surface area contributed by atoms with Crippen molar-refractivity contribution in [3.8, 4) is 0 Å². The normalized spacial score (nSPS) is 27.2. The number of hydrogen-bond acceptors (Lipinski definition) is 2. The highest BCUT2D eigenvalue weighted by atomic mass is 16.3. The molecule has 0 heterocycles. The van der Waals surface area contributed by atoms with Gasteiger partial charge in [-0.15, -0.1) is 0 Å². The molecule has 0 aromatic heterocycles. The number of aliphatic hydroxyl groups is 2. The fourth-order valence-corrected chi connectivity index (χ4v) is 6.20. The molecule has 2 rings (SSSR count). The molecule has 0 spiro atoms. The van der Waals surface area contributed by atoms with E-state index in [2.05, 4.69) is 129 Å². The van der Waals surface area contributed by atoms with Gasteiger partial charge in [-0.05, 0) is 83.1 Å². The molecule has 2 heteroatoms. The Kier molecular flexibility index (Phi) is 13.3. The average molecular weight is 571 g/mol. The summed E-state index contributed by atoms with van der Waals surface area (Å²) in [4.78, 5) is 0. The molecule has 230 valence electrons. The van der Waals surface area contributed by atoms with Crippen molar-refractivity contribution in [2.24, 2.45) is 16.2 Å². The Morgan fingerprint density at radius 2 is 1.24 bits per heavy atom. The number of rotatable bonds is 11. The summed E-state index contributed by atoms with van der Waals surface area (Å²) in [7, 11) is 0.